The lowest BCUT2D eigenvalue weighted by Gasteiger charge is -2.12. The van der Waals surface area contributed by atoms with E-state index >= 15 is 0 Å². The van der Waals surface area contributed by atoms with Gasteiger partial charge in [0.15, 0.2) is 0 Å². The summed E-state index contributed by atoms with van der Waals surface area (Å²) in [5.41, 5.74) is 12.1. The first kappa shape index (κ1) is 22.7. The van der Waals surface area contributed by atoms with E-state index < -0.39 is 0 Å². The molecule has 0 saturated carbocycles. The first-order valence-electron chi connectivity index (χ1n) is 12.0. The number of H-pyrrole nitrogens is 1. The van der Waals surface area contributed by atoms with E-state index in [-0.39, 0.29) is 5.95 Å². The van der Waals surface area contributed by atoms with Crippen molar-refractivity contribution in [1.82, 2.24) is 29.5 Å². The molecule has 6 rings (SSSR count). The van der Waals surface area contributed by atoms with Crippen molar-refractivity contribution in [3.8, 4) is 17.3 Å². The first-order chi connectivity index (χ1) is 18.3. The molecule has 0 aliphatic heterocycles. The van der Waals surface area contributed by atoms with E-state index in [1.807, 2.05) is 60.8 Å². The summed E-state index contributed by atoms with van der Waals surface area (Å²) in [7, 11) is 0. The Kier molecular flexibility index (Phi) is 6.18. The minimum atomic E-state index is 0.212. The van der Waals surface area contributed by atoms with Crippen LogP contribution in [0.5, 0.6) is 6.01 Å². The normalized spacial score (nSPS) is 11.4. The van der Waals surface area contributed by atoms with Gasteiger partial charge in [-0.1, -0.05) is 60.7 Å². The Morgan fingerprint density at radius 2 is 1.65 bits per heavy atom. The number of anilines is 1. The smallest absolute Gasteiger partial charge is 0.297 e. The maximum Gasteiger partial charge on any atom is 0.297 e. The molecule has 0 aliphatic rings. The van der Waals surface area contributed by atoms with Gasteiger partial charge >= 0.3 is 0 Å². The quantitative estimate of drug-likeness (QED) is 0.284. The fourth-order valence-electron chi connectivity index (χ4n) is 4.39. The van der Waals surface area contributed by atoms with Crippen molar-refractivity contribution in [3.05, 3.63) is 96.4 Å². The number of fused-ring (bicyclic) bond motifs is 3. The van der Waals surface area contributed by atoms with Crippen LogP contribution in [0.25, 0.3) is 33.3 Å². The van der Waals surface area contributed by atoms with Crippen LogP contribution >= 0.6 is 0 Å². The third kappa shape index (κ3) is 4.72. The number of hydrogen-bond acceptors (Lipinski definition) is 7. The second-order valence-electron chi connectivity index (χ2n) is 8.57. The summed E-state index contributed by atoms with van der Waals surface area (Å²) in [5.74, 6) is 0.212. The lowest BCUT2D eigenvalue weighted by atomic mass is 10.1. The maximum absolute atomic E-state index is 6.17. The number of ether oxygens (including phenoxy) is 2. The second-order valence-corrected chi connectivity index (χ2v) is 8.57. The molecular weight excluding hydrogens is 466 g/mol. The van der Waals surface area contributed by atoms with E-state index in [2.05, 4.69) is 36.6 Å². The van der Waals surface area contributed by atoms with E-state index in [0.29, 0.717) is 38.1 Å². The second kappa shape index (κ2) is 10.1. The Balaban J connectivity index is 1.36. The van der Waals surface area contributed by atoms with Gasteiger partial charge in [0.2, 0.25) is 5.95 Å². The summed E-state index contributed by atoms with van der Waals surface area (Å²) in [6, 6.07) is 22.6. The minimum Gasteiger partial charge on any atom is -0.462 e. The Morgan fingerprint density at radius 1 is 0.865 bits per heavy atom. The molecule has 9 heteroatoms. The first-order valence-corrected chi connectivity index (χ1v) is 12.0. The highest BCUT2D eigenvalue weighted by Gasteiger charge is 2.20. The van der Waals surface area contributed by atoms with Gasteiger partial charge in [0, 0.05) is 18.0 Å². The average molecular weight is 492 g/mol. The lowest BCUT2D eigenvalue weighted by Crippen LogP contribution is -2.11. The van der Waals surface area contributed by atoms with Crippen molar-refractivity contribution >= 4 is 28.0 Å². The zero-order chi connectivity index (χ0) is 25.0. The lowest BCUT2D eigenvalue weighted by molar-refractivity contribution is 0.0848. The SMILES string of the molecule is Nc1nccc(-c2c[nH]c3ncc4nc(OCCOCc5ccccc5)n(Cc5ccccc5)c4c23)n1. The van der Waals surface area contributed by atoms with Gasteiger partial charge in [-0.3, -0.25) is 4.57 Å². The van der Waals surface area contributed by atoms with Crippen molar-refractivity contribution in [2.75, 3.05) is 18.9 Å². The van der Waals surface area contributed by atoms with Gasteiger partial charge in [-0.05, 0) is 17.2 Å². The van der Waals surface area contributed by atoms with Crippen LogP contribution in [0, 0.1) is 0 Å². The fraction of sp³-hybridized carbons (Fsp3) is 0.143. The monoisotopic (exact) mass is 491 g/mol. The van der Waals surface area contributed by atoms with Gasteiger partial charge < -0.3 is 20.2 Å². The van der Waals surface area contributed by atoms with Crippen molar-refractivity contribution in [2.45, 2.75) is 13.2 Å². The van der Waals surface area contributed by atoms with Gasteiger partial charge in [-0.15, -0.1) is 0 Å². The van der Waals surface area contributed by atoms with Crippen molar-refractivity contribution in [3.63, 3.8) is 0 Å². The average Bonchev–Trinajstić information content (AvgIpc) is 3.51. The van der Waals surface area contributed by atoms with E-state index in [9.17, 15) is 0 Å². The highest BCUT2D eigenvalue weighted by Crippen LogP contribution is 2.35. The van der Waals surface area contributed by atoms with Gasteiger partial charge in [0.1, 0.15) is 17.8 Å². The molecule has 0 amide bonds. The number of pyridine rings is 1. The number of nitrogens with zero attached hydrogens (tertiary/aromatic N) is 5. The maximum atomic E-state index is 6.17. The topological polar surface area (TPSA) is 117 Å². The van der Waals surface area contributed by atoms with Crippen molar-refractivity contribution in [2.24, 2.45) is 0 Å². The number of nitrogen functional groups attached to an aromatic ring is 1. The largest absolute Gasteiger partial charge is 0.462 e. The Bertz CT molecular complexity index is 1650. The van der Waals surface area contributed by atoms with Crippen LogP contribution in [0.2, 0.25) is 0 Å². The molecule has 4 aromatic heterocycles. The summed E-state index contributed by atoms with van der Waals surface area (Å²) in [6.07, 6.45) is 5.29. The van der Waals surface area contributed by atoms with Crippen molar-refractivity contribution in [1.29, 1.82) is 0 Å². The van der Waals surface area contributed by atoms with Crippen LogP contribution in [0.4, 0.5) is 5.95 Å². The number of hydrogen-bond donors (Lipinski definition) is 2. The van der Waals surface area contributed by atoms with Gasteiger partial charge in [-0.2, -0.15) is 4.98 Å². The molecule has 2 aromatic carbocycles. The molecule has 3 N–H and O–H groups in total. The molecule has 0 atom stereocenters. The molecule has 0 aliphatic carbocycles. The summed E-state index contributed by atoms with van der Waals surface area (Å²) in [5, 5.41) is 0.897. The van der Waals surface area contributed by atoms with Gasteiger partial charge in [0.05, 0.1) is 42.6 Å². The summed E-state index contributed by atoms with van der Waals surface area (Å²) >= 11 is 0. The number of rotatable bonds is 9. The van der Waals surface area contributed by atoms with Crippen LogP contribution in [-0.2, 0) is 17.9 Å². The molecule has 0 fully saturated rings. The third-order valence-corrected chi connectivity index (χ3v) is 6.08. The van der Waals surface area contributed by atoms with Crippen LogP contribution in [-0.4, -0.2) is 42.7 Å². The van der Waals surface area contributed by atoms with Crippen LogP contribution in [0.15, 0.2) is 85.3 Å². The number of imidazole rings is 1. The molecule has 6 aromatic rings. The number of benzene rings is 2. The molecule has 0 unspecified atom stereocenters. The highest BCUT2D eigenvalue weighted by atomic mass is 16.5. The number of nitrogens with two attached hydrogens (primary N) is 1. The summed E-state index contributed by atoms with van der Waals surface area (Å²) in [6.45, 7) is 1.91. The van der Waals surface area contributed by atoms with Crippen molar-refractivity contribution < 1.29 is 9.47 Å². The van der Waals surface area contributed by atoms with Crippen LogP contribution in [0.1, 0.15) is 11.1 Å². The molecule has 0 spiro atoms. The molecule has 37 heavy (non-hydrogen) atoms. The summed E-state index contributed by atoms with van der Waals surface area (Å²) in [4.78, 5) is 21.1. The third-order valence-electron chi connectivity index (χ3n) is 6.08. The van der Waals surface area contributed by atoms with Crippen LogP contribution < -0.4 is 10.5 Å². The molecular formula is C28H25N7O2. The fourth-order valence-corrected chi connectivity index (χ4v) is 4.39. The Labute approximate surface area is 212 Å². The van der Waals surface area contributed by atoms with E-state index in [4.69, 9.17) is 20.2 Å². The molecule has 0 radical (unpaired) electrons. The standard InChI is InChI=1S/C28H25N7O2/c29-27-30-12-11-22(33-27)21-15-31-26-24(21)25-23(16-32-26)34-28(35(25)17-19-7-3-1-4-8-19)37-14-13-36-18-20-9-5-2-6-10-20/h1-12,15-16H,13-14,17-18H2,(H,31,32)(H2,29,30,33). The number of nitrogens with one attached hydrogen (secondary N) is 1. The molecule has 0 saturated heterocycles. The molecule has 0 bridgehead atoms. The van der Waals surface area contributed by atoms with E-state index in [0.717, 1.165) is 38.8 Å². The zero-order valence-corrected chi connectivity index (χ0v) is 20.0. The van der Waals surface area contributed by atoms with Gasteiger partial charge in [0.25, 0.3) is 6.01 Å². The predicted octanol–water partition coefficient (Wildman–Crippen LogP) is 4.60. The Hall–Kier alpha value is -4.76. The zero-order valence-electron chi connectivity index (χ0n) is 20.0. The Morgan fingerprint density at radius 3 is 2.43 bits per heavy atom. The molecule has 4 heterocycles. The van der Waals surface area contributed by atoms with E-state index in [1.54, 1.807) is 12.4 Å². The van der Waals surface area contributed by atoms with Gasteiger partial charge in [-0.25, -0.2) is 15.0 Å². The highest BCUT2D eigenvalue weighted by molar-refractivity contribution is 6.09. The summed E-state index contributed by atoms with van der Waals surface area (Å²) < 4.78 is 14.1. The minimum absolute atomic E-state index is 0.212. The predicted molar refractivity (Wildman–Crippen MR) is 142 cm³/mol. The number of aromatic amines is 1. The molecule has 184 valence electrons. The number of aromatic nitrogens is 6. The molecule has 9 nitrogen and oxygen atoms in total. The van der Waals surface area contributed by atoms with Crippen LogP contribution in [0.3, 0.4) is 0 Å². The van der Waals surface area contributed by atoms with E-state index in [1.165, 1.54) is 0 Å².